The number of aromatic nitrogens is 2. The highest BCUT2D eigenvalue weighted by Gasteiger charge is 2.26. The number of rotatable bonds is 4. The molecule has 5 heteroatoms. The lowest BCUT2D eigenvalue weighted by molar-refractivity contribution is -0.125. The maximum Gasteiger partial charge on any atom is 0.174 e. The smallest absolute Gasteiger partial charge is 0.174 e. The number of ether oxygens (including phenoxy) is 1. The van der Waals surface area contributed by atoms with Gasteiger partial charge < -0.3 is 9.30 Å². The Morgan fingerprint density at radius 3 is 3.15 bits per heavy atom. The molecule has 0 fully saturated rings. The first-order valence-electron chi connectivity index (χ1n) is 6.61. The Morgan fingerprint density at radius 2 is 2.35 bits per heavy atom. The van der Waals surface area contributed by atoms with E-state index in [1.165, 1.54) is 0 Å². The molecule has 0 amide bonds. The summed E-state index contributed by atoms with van der Waals surface area (Å²) in [5.74, 6) is 2.59. The van der Waals surface area contributed by atoms with Crippen molar-refractivity contribution >= 4 is 17.5 Å². The zero-order valence-electron chi connectivity index (χ0n) is 11.3. The van der Waals surface area contributed by atoms with Gasteiger partial charge in [0, 0.05) is 42.9 Å². The van der Waals surface area contributed by atoms with E-state index in [-0.39, 0.29) is 11.9 Å². The number of Topliss-reactive ketones (excluding diaryl/α,β-unsaturated/α-hetero) is 1. The number of hydrogen-bond acceptors (Lipinski definition) is 4. The maximum absolute atomic E-state index is 12.2. The molecule has 0 bridgehead atoms. The third-order valence-corrected chi connectivity index (χ3v) is 4.50. The minimum atomic E-state index is -0.338. The van der Waals surface area contributed by atoms with Gasteiger partial charge in [0.25, 0.3) is 0 Å². The Bertz CT molecular complexity index is 624. The summed E-state index contributed by atoms with van der Waals surface area (Å²) in [6.45, 7) is 0. The van der Waals surface area contributed by atoms with Crippen LogP contribution < -0.4 is 4.74 Å². The van der Waals surface area contributed by atoms with E-state index in [4.69, 9.17) is 4.74 Å². The average Bonchev–Trinajstić information content (AvgIpc) is 2.89. The molecule has 2 aromatic rings. The van der Waals surface area contributed by atoms with E-state index in [1.54, 1.807) is 18.0 Å². The summed E-state index contributed by atoms with van der Waals surface area (Å²) in [4.78, 5) is 17.6. The first kappa shape index (κ1) is 13.2. The average molecular weight is 288 g/mol. The van der Waals surface area contributed by atoms with Crippen molar-refractivity contribution in [2.75, 3.05) is 5.75 Å². The van der Waals surface area contributed by atoms with Crippen molar-refractivity contribution < 1.29 is 9.53 Å². The van der Waals surface area contributed by atoms with Crippen LogP contribution in [0.5, 0.6) is 5.75 Å². The molecule has 0 saturated carbocycles. The highest BCUT2D eigenvalue weighted by Crippen LogP contribution is 2.35. The highest BCUT2D eigenvalue weighted by molar-refractivity contribution is 7.99. The fourth-order valence-corrected chi connectivity index (χ4v) is 3.23. The third kappa shape index (κ3) is 2.72. The van der Waals surface area contributed by atoms with Crippen molar-refractivity contribution in [3.8, 4) is 5.75 Å². The standard InChI is InChI=1S/C15H16N2O2S/c1-17-9-8-16-15(17)7-6-11(18)13-10-20-14-5-3-2-4-12(14)19-13/h2-5,8-9,13H,6-7,10H2,1H3. The molecule has 0 radical (unpaired) electrons. The second-order valence-corrected chi connectivity index (χ2v) is 5.85. The Morgan fingerprint density at radius 1 is 1.50 bits per heavy atom. The molecule has 20 heavy (non-hydrogen) atoms. The Labute approximate surface area is 122 Å². The minimum Gasteiger partial charge on any atom is -0.481 e. The van der Waals surface area contributed by atoms with E-state index < -0.39 is 0 Å². The fourth-order valence-electron chi connectivity index (χ4n) is 2.21. The maximum atomic E-state index is 12.2. The number of carbonyl (C=O) groups excluding carboxylic acids is 1. The van der Waals surface area contributed by atoms with Crippen molar-refractivity contribution in [1.82, 2.24) is 9.55 Å². The van der Waals surface area contributed by atoms with Crippen LogP contribution in [0.25, 0.3) is 0 Å². The first-order valence-corrected chi connectivity index (χ1v) is 7.60. The Kier molecular flexibility index (Phi) is 3.78. The predicted molar refractivity (Wildman–Crippen MR) is 78.1 cm³/mol. The van der Waals surface area contributed by atoms with Gasteiger partial charge in [0.1, 0.15) is 11.6 Å². The van der Waals surface area contributed by atoms with Crippen LogP contribution in [0.1, 0.15) is 12.2 Å². The van der Waals surface area contributed by atoms with Gasteiger partial charge in [-0.05, 0) is 12.1 Å². The first-order chi connectivity index (χ1) is 9.74. The second-order valence-electron chi connectivity index (χ2n) is 4.78. The van der Waals surface area contributed by atoms with E-state index in [0.29, 0.717) is 18.6 Å². The SMILES string of the molecule is Cn1ccnc1CCC(=O)C1CSc2ccccc2O1. The normalized spacial score (nSPS) is 17.4. The van der Waals surface area contributed by atoms with Gasteiger partial charge in [0.2, 0.25) is 0 Å². The molecular formula is C15H16N2O2S. The largest absolute Gasteiger partial charge is 0.481 e. The van der Waals surface area contributed by atoms with Gasteiger partial charge in [-0.3, -0.25) is 4.79 Å². The lowest BCUT2D eigenvalue weighted by Gasteiger charge is -2.24. The highest BCUT2D eigenvalue weighted by atomic mass is 32.2. The molecule has 1 aliphatic rings. The van der Waals surface area contributed by atoms with Gasteiger partial charge in [0.05, 0.1) is 0 Å². The molecule has 1 unspecified atom stereocenters. The number of para-hydroxylation sites is 1. The van der Waals surface area contributed by atoms with Gasteiger partial charge in [-0.1, -0.05) is 12.1 Å². The van der Waals surface area contributed by atoms with Crippen molar-refractivity contribution in [3.63, 3.8) is 0 Å². The summed E-state index contributed by atoms with van der Waals surface area (Å²) in [6.07, 6.45) is 4.44. The quantitative estimate of drug-likeness (QED) is 0.867. The lowest BCUT2D eigenvalue weighted by atomic mass is 10.1. The number of hydrogen-bond donors (Lipinski definition) is 0. The molecule has 0 saturated heterocycles. The number of imidazole rings is 1. The molecular weight excluding hydrogens is 272 g/mol. The van der Waals surface area contributed by atoms with E-state index in [1.807, 2.05) is 42.1 Å². The molecule has 104 valence electrons. The fraction of sp³-hybridized carbons (Fsp3) is 0.333. The molecule has 2 heterocycles. The topological polar surface area (TPSA) is 44.1 Å². The zero-order valence-corrected chi connectivity index (χ0v) is 12.1. The molecule has 4 nitrogen and oxygen atoms in total. The molecule has 0 aliphatic carbocycles. The van der Waals surface area contributed by atoms with Gasteiger partial charge in [-0.25, -0.2) is 4.98 Å². The van der Waals surface area contributed by atoms with Crippen LogP contribution >= 0.6 is 11.8 Å². The van der Waals surface area contributed by atoms with E-state index in [2.05, 4.69) is 4.98 Å². The Balaban J connectivity index is 1.60. The van der Waals surface area contributed by atoms with Crippen LogP contribution in [-0.4, -0.2) is 27.2 Å². The summed E-state index contributed by atoms with van der Waals surface area (Å²) >= 11 is 1.68. The summed E-state index contributed by atoms with van der Waals surface area (Å²) in [7, 11) is 1.94. The van der Waals surface area contributed by atoms with Crippen molar-refractivity contribution in [1.29, 1.82) is 0 Å². The van der Waals surface area contributed by atoms with Gasteiger partial charge in [-0.15, -0.1) is 11.8 Å². The number of ketones is 1. The van der Waals surface area contributed by atoms with Crippen molar-refractivity contribution in [2.45, 2.75) is 23.8 Å². The number of thioether (sulfide) groups is 1. The lowest BCUT2D eigenvalue weighted by Crippen LogP contribution is -2.32. The molecule has 3 rings (SSSR count). The monoisotopic (exact) mass is 288 g/mol. The zero-order chi connectivity index (χ0) is 13.9. The molecule has 1 atom stereocenters. The van der Waals surface area contributed by atoms with Crippen molar-refractivity contribution in [2.24, 2.45) is 7.05 Å². The van der Waals surface area contributed by atoms with Crippen LogP contribution in [0, 0.1) is 0 Å². The number of nitrogens with zero attached hydrogens (tertiary/aromatic N) is 2. The number of benzene rings is 1. The molecule has 0 spiro atoms. The van der Waals surface area contributed by atoms with Crippen LogP contribution in [0.15, 0.2) is 41.6 Å². The molecule has 0 N–H and O–H groups in total. The van der Waals surface area contributed by atoms with E-state index in [9.17, 15) is 4.79 Å². The number of carbonyl (C=O) groups is 1. The second kappa shape index (κ2) is 5.71. The van der Waals surface area contributed by atoms with Gasteiger partial charge in [-0.2, -0.15) is 0 Å². The molecule has 1 aliphatic heterocycles. The number of aryl methyl sites for hydroxylation is 2. The van der Waals surface area contributed by atoms with Gasteiger partial charge >= 0.3 is 0 Å². The van der Waals surface area contributed by atoms with Crippen LogP contribution in [0.4, 0.5) is 0 Å². The van der Waals surface area contributed by atoms with Crippen LogP contribution in [0.3, 0.4) is 0 Å². The summed E-state index contributed by atoms with van der Waals surface area (Å²) in [5, 5.41) is 0. The van der Waals surface area contributed by atoms with Crippen molar-refractivity contribution in [3.05, 3.63) is 42.5 Å². The number of fused-ring (bicyclic) bond motifs is 1. The molecule has 1 aromatic carbocycles. The Hall–Kier alpha value is -1.75. The van der Waals surface area contributed by atoms with Crippen LogP contribution in [0.2, 0.25) is 0 Å². The predicted octanol–water partition coefficient (Wildman–Crippen LogP) is 2.48. The van der Waals surface area contributed by atoms with E-state index >= 15 is 0 Å². The van der Waals surface area contributed by atoms with Crippen LogP contribution in [-0.2, 0) is 18.3 Å². The minimum absolute atomic E-state index is 0.148. The third-order valence-electron chi connectivity index (χ3n) is 3.38. The van der Waals surface area contributed by atoms with Gasteiger partial charge in [0.15, 0.2) is 11.9 Å². The summed E-state index contributed by atoms with van der Waals surface area (Å²) in [5.41, 5.74) is 0. The summed E-state index contributed by atoms with van der Waals surface area (Å²) < 4.78 is 7.74. The molecule has 1 aromatic heterocycles. The summed E-state index contributed by atoms with van der Waals surface area (Å²) in [6, 6.07) is 7.85. The van der Waals surface area contributed by atoms with E-state index in [0.717, 1.165) is 16.5 Å².